The van der Waals surface area contributed by atoms with Crippen LogP contribution in [0.5, 0.6) is 5.75 Å². The summed E-state index contributed by atoms with van der Waals surface area (Å²) in [6.45, 7) is 5.38. The molecule has 6 heteroatoms. The maximum Gasteiger partial charge on any atom is 0.273 e. The molecule has 3 N–H and O–H groups in total. The van der Waals surface area contributed by atoms with E-state index in [-0.39, 0.29) is 17.4 Å². The third-order valence-corrected chi connectivity index (χ3v) is 2.92. The second-order valence-corrected chi connectivity index (χ2v) is 4.22. The van der Waals surface area contributed by atoms with Gasteiger partial charge in [0.1, 0.15) is 5.75 Å². The van der Waals surface area contributed by atoms with Crippen LogP contribution in [0.15, 0.2) is 18.3 Å². The number of rotatable bonds is 4. The zero-order valence-electron chi connectivity index (χ0n) is 10.2. The molecule has 0 aliphatic carbocycles. The van der Waals surface area contributed by atoms with Crippen molar-refractivity contribution in [2.75, 3.05) is 39.3 Å². The minimum Gasteiger partial charge on any atom is -0.505 e. The lowest BCUT2D eigenvalue weighted by Gasteiger charge is -2.27. The lowest BCUT2D eigenvalue weighted by atomic mass is 10.3. The van der Waals surface area contributed by atoms with Crippen LogP contribution in [-0.4, -0.2) is 60.2 Å². The zero-order valence-corrected chi connectivity index (χ0v) is 10.2. The van der Waals surface area contributed by atoms with Gasteiger partial charge in [-0.15, -0.1) is 0 Å². The normalized spacial score (nSPS) is 16.4. The van der Waals surface area contributed by atoms with E-state index in [9.17, 15) is 9.90 Å². The molecule has 1 amide bonds. The molecule has 1 aromatic heterocycles. The Morgan fingerprint density at radius 1 is 1.50 bits per heavy atom. The molecular formula is C12H18N4O2. The highest BCUT2D eigenvalue weighted by Crippen LogP contribution is 2.11. The van der Waals surface area contributed by atoms with Gasteiger partial charge in [-0.05, 0) is 12.1 Å². The largest absolute Gasteiger partial charge is 0.505 e. The highest BCUT2D eigenvalue weighted by atomic mass is 16.3. The summed E-state index contributed by atoms with van der Waals surface area (Å²) in [4.78, 5) is 17.9. The highest BCUT2D eigenvalue weighted by Gasteiger charge is 2.13. The van der Waals surface area contributed by atoms with Crippen LogP contribution in [0.25, 0.3) is 0 Å². The summed E-state index contributed by atoms with van der Waals surface area (Å²) in [5.41, 5.74) is 0.0813. The molecule has 18 heavy (non-hydrogen) atoms. The maximum atomic E-state index is 11.7. The minimum absolute atomic E-state index is 0.0813. The van der Waals surface area contributed by atoms with Crippen LogP contribution < -0.4 is 10.6 Å². The van der Waals surface area contributed by atoms with Crippen molar-refractivity contribution in [3.63, 3.8) is 0 Å². The van der Waals surface area contributed by atoms with Crippen LogP contribution >= 0.6 is 0 Å². The number of nitrogens with zero attached hydrogens (tertiary/aromatic N) is 2. The fraction of sp³-hybridized carbons (Fsp3) is 0.500. The summed E-state index contributed by atoms with van der Waals surface area (Å²) in [6, 6.07) is 3.05. The number of aromatic hydroxyl groups is 1. The summed E-state index contributed by atoms with van der Waals surface area (Å²) in [5.74, 6) is -0.416. The van der Waals surface area contributed by atoms with E-state index < -0.39 is 0 Å². The molecule has 2 rings (SSSR count). The van der Waals surface area contributed by atoms with Gasteiger partial charge < -0.3 is 15.7 Å². The number of aromatic nitrogens is 1. The Kier molecular flexibility index (Phi) is 4.49. The van der Waals surface area contributed by atoms with Gasteiger partial charge in [0.25, 0.3) is 5.91 Å². The second kappa shape index (κ2) is 6.32. The number of carbonyl (C=O) groups is 1. The predicted molar refractivity (Wildman–Crippen MR) is 67.5 cm³/mol. The predicted octanol–water partition coefficient (Wildman–Crippen LogP) is -0.578. The second-order valence-electron chi connectivity index (χ2n) is 4.22. The van der Waals surface area contributed by atoms with Gasteiger partial charge in [0.15, 0.2) is 5.69 Å². The fourth-order valence-corrected chi connectivity index (χ4v) is 1.92. The molecule has 6 nitrogen and oxygen atoms in total. The Hall–Kier alpha value is -1.66. The minimum atomic E-state index is -0.330. The third kappa shape index (κ3) is 3.41. The Labute approximate surface area is 106 Å². The van der Waals surface area contributed by atoms with E-state index in [1.54, 1.807) is 6.07 Å². The van der Waals surface area contributed by atoms with Gasteiger partial charge in [-0.25, -0.2) is 4.98 Å². The quantitative estimate of drug-likeness (QED) is 0.666. The van der Waals surface area contributed by atoms with Crippen LogP contribution in [0.1, 0.15) is 10.5 Å². The first-order chi connectivity index (χ1) is 8.77. The standard InChI is InChI=1S/C12H18N4O2/c17-10-2-1-3-14-11(10)12(18)15-6-9-16-7-4-13-5-8-16/h1-3,13,17H,4-9H2,(H,15,18). The molecule has 1 saturated heterocycles. The molecule has 0 spiro atoms. The van der Waals surface area contributed by atoms with Crippen molar-refractivity contribution in [2.45, 2.75) is 0 Å². The van der Waals surface area contributed by atoms with Gasteiger partial charge in [0.2, 0.25) is 0 Å². The molecule has 98 valence electrons. The first-order valence-corrected chi connectivity index (χ1v) is 6.12. The smallest absolute Gasteiger partial charge is 0.273 e. The van der Waals surface area contributed by atoms with E-state index in [1.165, 1.54) is 12.3 Å². The van der Waals surface area contributed by atoms with Crippen molar-refractivity contribution < 1.29 is 9.90 Å². The fourth-order valence-electron chi connectivity index (χ4n) is 1.92. The Morgan fingerprint density at radius 3 is 3.00 bits per heavy atom. The van der Waals surface area contributed by atoms with E-state index in [4.69, 9.17) is 0 Å². The highest BCUT2D eigenvalue weighted by molar-refractivity contribution is 5.94. The average molecular weight is 250 g/mol. The SMILES string of the molecule is O=C(NCCN1CCNCC1)c1ncccc1O. The number of hydrogen-bond donors (Lipinski definition) is 3. The number of hydrogen-bond acceptors (Lipinski definition) is 5. The van der Waals surface area contributed by atoms with E-state index in [2.05, 4.69) is 20.5 Å². The molecule has 1 aliphatic rings. The summed E-state index contributed by atoms with van der Waals surface area (Å²) < 4.78 is 0. The molecule has 0 saturated carbocycles. The first-order valence-electron chi connectivity index (χ1n) is 6.12. The Bertz CT molecular complexity index is 405. The number of pyridine rings is 1. The Balaban J connectivity index is 1.76. The Morgan fingerprint density at radius 2 is 2.28 bits per heavy atom. The zero-order chi connectivity index (χ0) is 12.8. The van der Waals surface area contributed by atoms with Crippen molar-refractivity contribution in [1.29, 1.82) is 0 Å². The summed E-state index contributed by atoms with van der Waals surface area (Å²) in [5, 5.41) is 15.5. The molecule has 2 heterocycles. The van der Waals surface area contributed by atoms with Crippen LogP contribution in [0.2, 0.25) is 0 Å². The third-order valence-electron chi connectivity index (χ3n) is 2.92. The molecule has 0 bridgehead atoms. The van der Waals surface area contributed by atoms with E-state index >= 15 is 0 Å². The van der Waals surface area contributed by atoms with Gasteiger partial charge in [-0.1, -0.05) is 0 Å². The number of piperazine rings is 1. The van der Waals surface area contributed by atoms with Gasteiger partial charge in [0, 0.05) is 45.5 Å². The molecule has 0 atom stereocenters. The van der Waals surface area contributed by atoms with Gasteiger partial charge in [-0.3, -0.25) is 9.69 Å². The molecule has 0 radical (unpaired) electrons. The van der Waals surface area contributed by atoms with Gasteiger partial charge in [0.05, 0.1) is 0 Å². The van der Waals surface area contributed by atoms with E-state index in [1.807, 2.05) is 0 Å². The topological polar surface area (TPSA) is 77.5 Å². The van der Waals surface area contributed by atoms with Crippen molar-refractivity contribution in [2.24, 2.45) is 0 Å². The molecule has 1 aliphatic heterocycles. The maximum absolute atomic E-state index is 11.7. The molecule has 1 aromatic rings. The lowest BCUT2D eigenvalue weighted by molar-refractivity contribution is 0.0939. The molecule has 0 unspecified atom stereocenters. The van der Waals surface area contributed by atoms with E-state index in [0.717, 1.165) is 32.7 Å². The lowest BCUT2D eigenvalue weighted by Crippen LogP contribution is -2.46. The van der Waals surface area contributed by atoms with Crippen molar-refractivity contribution in [3.8, 4) is 5.75 Å². The van der Waals surface area contributed by atoms with Crippen molar-refractivity contribution in [1.82, 2.24) is 20.5 Å². The summed E-state index contributed by atoms with van der Waals surface area (Å²) in [6.07, 6.45) is 1.49. The van der Waals surface area contributed by atoms with Crippen molar-refractivity contribution in [3.05, 3.63) is 24.0 Å². The number of nitrogens with one attached hydrogen (secondary N) is 2. The molecular weight excluding hydrogens is 232 g/mol. The van der Waals surface area contributed by atoms with E-state index in [0.29, 0.717) is 6.54 Å². The van der Waals surface area contributed by atoms with Crippen LogP contribution in [-0.2, 0) is 0 Å². The molecule has 1 fully saturated rings. The van der Waals surface area contributed by atoms with Crippen LogP contribution in [0.4, 0.5) is 0 Å². The number of amides is 1. The van der Waals surface area contributed by atoms with Gasteiger partial charge in [-0.2, -0.15) is 0 Å². The van der Waals surface area contributed by atoms with Crippen LogP contribution in [0, 0.1) is 0 Å². The van der Waals surface area contributed by atoms with Crippen molar-refractivity contribution >= 4 is 5.91 Å². The monoisotopic (exact) mass is 250 g/mol. The molecule has 0 aromatic carbocycles. The summed E-state index contributed by atoms with van der Waals surface area (Å²) in [7, 11) is 0. The number of carbonyl (C=O) groups excluding carboxylic acids is 1. The average Bonchev–Trinajstić information content (AvgIpc) is 2.40. The van der Waals surface area contributed by atoms with Crippen LogP contribution in [0.3, 0.4) is 0 Å². The summed E-state index contributed by atoms with van der Waals surface area (Å²) >= 11 is 0. The first kappa shape index (κ1) is 12.8. The van der Waals surface area contributed by atoms with Gasteiger partial charge >= 0.3 is 0 Å².